The highest BCUT2D eigenvalue weighted by atomic mass is 19.4. The Morgan fingerprint density at radius 1 is 0.895 bits per heavy atom. The van der Waals surface area contributed by atoms with Crippen molar-refractivity contribution < 1.29 is 13.2 Å². The molecule has 0 radical (unpaired) electrons. The van der Waals surface area contributed by atoms with E-state index in [1.165, 1.54) is 42.0 Å². The van der Waals surface area contributed by atoms with E-state index in [0.717, 1.165) is 25.0 Å². The molecule has 1 heterocycles. The highest BCUT2D eigenvalue weighted by Gasteiger charge is 2.52. The summed E-state index contributed by atoms with van der Waals surface area (Å²) in [4.78, 5) is 2.26. The van der Waals surface area contributed by atoms with Crippen molar-refractivity contribution in [1.29, 1.82) is 0 Å². The molecule has 1 aliphatic heterocycles. The lowest BCUT2D eigenvalue weighted by Crippen LogP contribution is -2.52. The third-order valence-corrected chi connectivity index (χ3v) is 8.88. The Kier molecular flexibility index (Phi) is 10.1. The van der Waals surface area contributed by atoms with Crippen molar-refractivity contribution in [3.05, 3.63) is 83.1 Å². The number of hydrogen-bond acceptors (Lipinski definition) is 2. The summed E-state index contributed by atoms with van der Waals surface area (Å²) < 4.78 is 41.0. The molecule has 2 aromatic rings. The molecule has 2 nitrogen and oxygen atoms in total. The molecule has 0 amide bonds. The smallest absolute Gasteiger partial charge is 0.387 e. The standard InChI is InChI=1S/C31H41F3N2.C2H6/c1-23-7-11-26(12-8-23)21-28(36-19-17-29(4,18-20-36)31(32,33)34)22-35-25(3)30(15-5-6-16-30)27-13-9-24(2)10-14-27;1-2/h7-14,28,35H,3,5-6,15-22H2,1-2,4H3;1-2H3. The Hall–Kier alpha value is -2.27. The summed E-state index contributed by atoms with van der Waals surface area (Å²) in [6, 6.07) is 17.4. The van der Waals surface area contributed by atoms with Gasteiger partial charge in [0, 0.05) is 23.7 Å². The fraction of sp³-hybridized carbons (Fsp3) is 0.576. The van der Waals surface area contributed by atoms with Crippen LogP contribution in [-0.2, 0) is 11.8 Å². The summed E-state index contributed by atoms with van der Waals surface area (Å²) in [5.41, 5.74) is 4.39. The normalized spacial score (nSPS) is 19.8. The number of rotatable bonds is 8. The van der Waals surface area contributed by atoms with Crippen LogP contribution in [0.2, 0.25) is 0 Å². The summed E-state index contributed by atoms with van der Waals surface area (Å²) in [5.74, 6) is 0. The fourth-order valence-electron chi connectivity index (χ4n) is 6.02. The Bertz CT molecular complexity index is 1010. The first kappa shape index (κ1) is 30.3. The van der Waals surface area contributed by atoms with E-state index in [-0.39, 0.29) is 24.3 Å². The quantitative estimate of drug-likeness (QED) is 0.369. The number of halogens is 3. The van der Waals surface area contributed by atoms with Crippen molar-refractivity contribution in [3.8, 4) is 0 Å². The summed E-state index contributed by atoms with van der Waals surface area (Å²) in [6.45, 7) is 15.7. The van der Waals surface area contributed by atoms with E-state index >= 15 is 0 Å². The maximum absolute atomic E-state index is 13.7. The zero-order valence-electron chi connectivity index (χ0n) is 24.1. The van der Waals surface area contributed by atoms with Crippen LogP contribution in [0.5, 0.6) is 0 Å². The van der Waals surface area contributed by atoms with Gasteiger partial charge in [0.15, 0.2) is 0 Å². The van der Waals surface area contributed by atoms with Crippen molar-refractivity contribution in [1.82, 2.24) is 10.2 Å². The average Bonchev–Trinajstić information content (AvgIpc) is 3.40. The Labute approximate surface area is 228 Å². The molecule has 4 rings (SSSR count). The molecular formula is C33H47F3N2. The zero-order valence-corrected chi connectivity index (χ0v) is 24.1. The lowest BCUT2D eigenvalue weighted by Gasteiger charge is -2.44. The van der Waals surface area contributed by atoms with E-state index in [0.29, 0.717) is 19.6 Å². The minimum Gasteiger partial charge on any atom is -0.387 e. The maximum atomic E-state index is 13.7. The molecule has 2 fully saturated rings. The van der Waals surface area contributed by atoms with Crippen LogP contribution in [-0.4, -0.2) is 36.8 Å². The Morgan fingerprint density at radius 3 is 1.89 bits per heavy atom. The molecule has 1 N–H and O–H groups in total. The second kappa shape index (κ2) is 12.7. The van der Waals surface area contributed by atoms with Gasteiger partial charge < -0.3 is 5.32 Å². The highest BCUT2D eigenvalue weighted by molar-refractivity contribution is 5.37. The van der Waals surface area contributed by atoms with Gasteiger partial charge in [-0.3, -0.25) is 4.90 Å². The van der Waals surface area contributed by atoms with Gasteiger partial charge in [-0.25, -0.2) is 0 Å². The third kappa shape index (κ3) is 6.83. The molecule has 0 spiro atoms. The molecule has 1 saturated heterocycles. The number of allylic oxidation sites excluding steroid dienone is 1. The second-order valence-electron chi connectivity index (χ2n) is 11.5. The van der Waals surface area contributed by atoms with Crippen molar-refractivity contribution in [3.63, 3.8) is 0 Å². The van der Waals surface area contributed by atoms with Gasteiger partial charge in [-0.15, -0.1) is 0 Å². The van der Waals surface area contributed by atoms with Crippen LogP contribution in [0.1, 0.15) is 81.5 Å². The number of nitrogens with zero attached hydrogens (tertiary/aromatic N) is 1. The number of nitrogens with one attached hydrogen (secondary N) is 1. The van der Waals surface area contributed by atoms with Gasteiger partial charge >= 0.3 is 6.18 Å². The van der Waals surface area contributed by atoms with Gasteiger partial charge in [-0.1, -0.05) is 99.8 Å². The van der Waals surface area contributed by atoms with E-state index in [1.807, 2.05) is 13.8 Å². The van der Waals surface area contributed by atoms with Crippen molar-refractivity contribution >= 4 is 0 Å². The molecule has 5 heteroatoms. The lowest BCUT2D eigenvalue weighted by molar-refractivity contribution is -0.232. The molecule has 0 bridgehead atoms. The number of alkyl halides is 3. The molecule has 38 heavy (non-hydrogen) atoms. The first-order chi connectivity index (χ1) is 18.0. The second-order valence-corrected chi connectivity index (χ2v) is 11.5. The summed E-state index contributed by atoms with van der Waals surface area (Å²) in [7, 11) is 0. The van der Waals surface area contributed by atoms with Crippen LogP contribution < -0.4 is 5.32 Å². The summed E-state index contributed by atoms with van der Waals surface area (Å²) >= 11 is 0. The first-order valence-corrected chi connectivity index (χ1v) is 14.4. The van der Waals surface area contributed by atoms with E-state index in [1.54, 1.807) is 0 Å². The minimum absolute atomic E-state index is 0.0706. The van der Waals surface area contributed by atoms with Crippen LogP contribution in [0.25, 0.3) is 0 Å². The molecule has 2 aromatic carbocycles. The molecule has 1 atom stereocenters. The van der Waals surface area contributed by atoms with Gasteiger partial charge in [0.2, 0.25) is 0 Å². The van der Waals surface area contributed by atoms with E-state index < -0.39 is 11.6 Å². The molecular weight excluding hydrogens is 481 g/mol. The fourth-order valence-corrected chi connectivity index (χ4v) is 6.02. The maximum Gasteiger partial charge on any atom is 0.394 e. The third-order valence-electron chi connectivity index (χ3n) is 8.88. The van der Waals surface area contributed by atoms with Crippen LogP contribution in [0.15, 0.2) is 60.8 Å². The predicted molar refractivity (Wildman–Crippen MR) is 153 cm³/mol. The van der Waals surface area contributed by atoms with E-state index in [9.17, 15) is 13.2 Å². The van der Waals surface area contributed by atoms with Crippen LogP contribution in [0.4, 0.5) is 13.2 Å². The monoisotopic (exact) mass is 528 g/mol. The highest BCUT2D eigenvalue weighted by Crippen LogP contribution is 2.47. The molecule has 2 aliphatic rings. The number of aryl methyl sites for hydroxylation is 2. The van der Waals surface area contributed by atoms with E-state index in [2.05, 4.69) is 79.2 Å². The van der Waals surface area contributed by atoms with Crippen molar-refractivity contribution in [2.24, 2.45) is 5.41 Å². The number of piperidine rings is 1. The number of likely N-dealkylation sites (tertiary alicyclic amines) is 1. The van der Waals surface area contributed by atoms with Gasteiger partial charge in [0.1, 0.15) is 0 Å². The van der Waals surface area contributed by atoms with Crippen molar-refractivity contribution in [2.75, 3.05) is 19.6 Å². The van der Waals surface area contributed by atoms with Gasteiger partial charge in [-0.05, 0) is 70.2 Å². The van der Waals surface area contributed by atoms with Crippen LogP contribution in [0, 0.1) is 19.3 Å². The van der Waals surface area contributed by atoms with Gasteiger partial charge in [0.25, 0.3) is 0 Å². The molecule has 1 saturated carbocycles. The summed E-state index contributed by atoms with van der Waals surface area (Å²) in [6.07, 6.45) is 1.48. The topological polar surface area (TPSA) is 15.3 Å². The number of benzene rings is 2. The Balaban J connectivity index is 0.00000195. The largest absolute Gasteiger partial charge is 0.394 e. The van der Waals surface area contributed by atoms with Gasteiger partial charge in [-0.2, -0.15) is 13.2 Å². The van der Waals surface area contributed by atoms with Gasteiger partial charge in [0.05, 0.1) is 5.41 Å². The average molecular weight is 529 g/mol. The predicted octanol–water partition coefficient (Wildman–Crippen LogP) is 8.52. The molecule has 1 aliphatic carbocycles. The van der Waals surface area contributed by atoms with Crippen LogP contribution >= 0.6 is 0 Å². The SMILES string of the molecule is C=C(NCC(Cc1ccc(C)cc1)N1CCC(C)(C(F)(F)F)CC1)C1(c2ccc(C)cc2)CCCC1.CC. The molecule has 0 aromatic heterocycles. The Morgan fingerprint density at radius 2 is 1.39 bits per heavy atom. The van der Waals surface area contributed by atoms with Crippen molar-refractivity contribution in [2.45, 2.75) is 97.2 Å². The first-order valence-electron chi connectivity index (χ1n) is 14.4. The minimum atomic E-state index is -4.15. The lowest BCUT2D eigenvalue weighted by atomic mass is 9.76. The van der Waals surface area contributed by atoms with E-state index in [4.69, 9.17) is 0 Å². The number of hydrogen-bond donors (Lipinski definition) is 1. The summed E-state index contributed by atoms with van der Waals surface area (Å²) in [5, 5.41) is 3.70. The van der Waals surface area contributed by atoms with Crippen LogP contribution in [0.3, 0.4) is 0 Å². The molecule has 210 valence electrons. The zero-order chi connectivity index (χ0) is 28.0. The molecule has 1 unspecified atom stereocenters.